The van der Waals surface area contributed by atoms with Crippen molar-refractivity contribution in [1.82, 2.24) is 0 Å². The van der Waals surface area contributed by atoms with Crippen LogP contribution in [0.1, 0.15) is 18.1 Å². The number of thiocarbonyl (C=S) groups is 1. The summed E-state index contributed by atoms with van der Waals surface area (Å²) in [7, 11) is 1.63. The van der Waals surface area contributed by atoms with Gasteiger partial charge in [0.2, 0.25) is 0 Å². The third-order valence-corrected chi connectivity index (χ3v) is 5.10. The molecule has 0 spiro atoms. The van der Waals surface area contributed by atoms with Crippen LogP contribution < -0.4 is 9.64 Å². The van der Waals surface area contributed by atoms with Crippen LogP contribution in [0.4, 0.5) is 5.69 Å². The predicted molar refractivity (Wildman–Crippen MR) is 104 cm³/mol. The van der Waals surface area contributed by atoms with Gasteiger partial charge in [0.05, 0.1) is 17.7 Å². The van der Waals surface area contributed by atoms with Crippen LogP contribution in [0.15, 0.2) is 53.4 Å². The van der Waals surface area contributed by atoms with E-state index in [-0.39, 0.29) is 5.91 Å². The molecule has 0 radical (unpaired) electrons. The van der Waals surface area contributed by atoms with Crippen LogP contribution in [0.25, 0.3) is 6.08 Å². The molecule has 3 nitrogen and oxygen atoms in total. The Hall–Kier alpha value is -2.11. The maximum absolute atomic E-state index is 12.9. The molecule has 1 saturated heterocycles. The van der Waals surface area contributed by atoms with Crippen molar-refractivity contribution in [1.29, 1.82) is 0 Å². The van der Waals surface area contributed by atoms with Gasteiger partial charge in [0, 0.05) is 0 Å². The molecule has 0 aromatic heterocycles. The van der Waals surface area contributed by atoms with Gasteiger partial charge in [-0.1, -0.05) is 61.2 Å². The number of aryl methyl sites for hydroxylation is 1. The number of hydrogen-bond acceptors (Lipinski definition) is 4. The zero-order valence-corrected chi connectivity index (χ0v) is 15.1. The molecule has 122 valence electrons. The van der Waals surface area contributed by atoms with E-state index in [4.69, 9.17) is 17.0 Å². The number of nitrogens with zero attached hydrogens (tertiary/aromatic N) is 1. The Morgan fingerprint density at radius 1 is 1.21 bits per heavy atom. The molecule has 1 amide bonds. The average Bonchev–Trinajstić information content (AvgIpc) is 2.88. The summed E-state index contributed by atoms with van der Waals surface area (Å²) in [6.45, 7) is 2.07. The Morgan fingerprint density at radius 2 is 2.00 bits per heavy atom. The monoisotopic (exact) mass is 355 g/mol. The summed E-state index contributed by atoms with van der Waals surface area (Å²) >= 11 is 6.78. The Kier molecular flexibility index (Phi) is 5.02. The summed E-state index contributed by atoms with van der Waals surface area (Å²) < 4.78 is 5.80. The number of anilines is 1. The Labute approximate surface area is 151 Å². The van der Waals surface area contributed by atoms with Gasteiger partial charge in [0.1, 0.15) is 5.75 Å². The SMILES string of the molecule is CCc1ccccc1N1C(=O)C(=Cc2cccc(OC)c2)SC1=S. The molecule has 2 aromatic rings. The maximum Gasteiger partial charge on any atom is 0.270 e. The van der Waals surface area contributed by atoms with Crippen molar-refractivity contribution in [2.24, 2.45) is 0 Å². The van der Waals surface area contributed by atoms with E-state index in [1.807, 2.05) is 54.6 Å². The molecule has 0 bridgehead atoms. The first-order valence-corrected chi connectivity index (χ1v) is 8.86. The second kappa shape index (κ2) is 7.20. The molecular weight excluding hydrogens is 338 g/mol. The van der Waals surface area contributed by atoms with Crippen molar-refractivity contribution in [2.45, 2.75) is 13.3 Å². The van der Waals surface area contributed by atoms with Crippen LogP contribution in [0.3, 0.4) is 0 Å². The van der Waals surface area contributed by atoms with Crippen molar-refractivity contribution >= 4 is 46.0 Å². The standard InChI is InChI=1S/C19H17NO2S2/c1-3-14-8-4-5-10-16(14)20-18(21)17(24-19(20)23)12-13-7-6-9-15(11-13)22-2/h4-12H,3H2,1-2H3. The lowest BCUT2D eigenvalue weighted by atomic mass is 10.1. The minimum Gasteiger partial charge on any atom is -0.497 e. The highest BCUT2D eigenvalue weighted by Gasteiger charge is 2.34. The molecular formula is C19H17NO2S2. The second-order valence-electron chi connectivity index (χ2n) is 5.28. The van der Waals surface area contributed by atoms with Crippen molar-refractivity contribution in [3.8, 4) is 5.75 Å². The summed E-state index contributed by atoms with van der Waals surface area (Å²) in [6.07, 6.45) is 2.71. The van der Waals surface area contributed by atoms with Crippen molar-refractivity contribution < 1.29 is 9.53 Å². The summed E-state index contributed by atoms with van der Waals surface area (Å²) in [6, 6.07) is 15.5. The smallest absolute Gasteiger partial charge is 0.270 e. The van der Waals surface area contributed by atoms with Crippen LogP contribution in [0.5, 0.6) is 5.75 Å². The van der Waals surface area contributed by atoms with Gasteiger partial charge in [-0.25, -0.2) is 0 Å². The lowest BCUT2D eigenvalue weighted by molar-refractivity contribution is -0.113. The van der Waals surface area contributed by atoms with Crippen molar-refractivity contribution in [3.63, 3.8) is 0 Å². The normalized spacial score (nSPS) is 16.1. The summed E-state index contributed by atoms with van der Waals surface area (Å²) in [4.78, 5) is 15.1. The molecule has 1 aliphatic heterocycles. The largest absolute Gasteiger partial charge is 0.497 e. The number of thioether (sulfide) groups is 1. The van der Waals surface area contributed by atoms with Crippen molar-refractivity contribution in [3.05, 3.63) is 64.6 Å². The molecule has 0 N–H and O–H groups in total. The Morgan fingerprint density at radius 3 is 2.75 bits per heavy atom. The van der Waals surface area contributed by atoms with E-state index in [1.54, 1.807) is 12.0 Å². The van der Waals surface area contributed by atoms with E-state index in [1.165, 1.54) is 11.8 Å². The van der Waals surface area contributed by atoms with Gasteiger partial charge in [0.15, 0.2) is 4.32 Å². The highest BCUT2D eigenvalue weighted by Crippen LogP contribution is 2.37. The molecule has 3 rings (SSSR count). The molecule has 0 saturated carbocycles. The molecule has 5 heteroatoms. The Balaban J connectivity index is 1.95. The number of benzene rings is 2. The van der Waals surface area contributed by atoms with Crippen LogP contribution >= 0.6 is 24.0 Å². The fraction of sp³-hybridized carbons (Fsp3) is 0.158. The number of ether oxygens (including phenoxy) is 1. The first kappa shape index (κ1) is 16.7. The van der Waals surface area contributed by atoms with E-state index in [2.05, 4.69) is 6.92 Å². The maximum atomic E-state index is 12.9. The van der Waals surface area contributed by atoms with E-state index in [0.29, 0.717) is 9.23 Å². The van der Waals surface area contributed by atoms with Gasteiger partial charge >= 0.3 is 0 Å². The fourth-order valence-corrected chi connectivity index (χ4v) is 3.87. The van der Waals surface area contributed by atoms with Crippen LogP contribution in [-0.4, -0.2) is 17.3 Å². The average molecular weight is 355 g/mol. The number of methoxy groups -OCH3 is 1. The minimum absolute atomic E-state index is 0.0753. The molecule has 24 heavy (non-hydrogen) atoms. The Bertz CT molecular complexity index is 830. The molecule has 1 heterocycles. The summed E-state index contributed by atoms with van der Waals surface area (Å²) in [5, 5.41) is 0. The molecule has 1 aliphatic rings. The van der Waals surface area contributed by atoms with Gasteiger partial charge in [0.25, 0.3) is 5.91 Å². The second-order valence-corrected chi connectivity index (χ2v) is 6.95. The van der Waals surface area contributed by atoms with E-state index in [0.717, 1.165) is 29.0 Å². The van der Waals surface area contributed by atoms with Crippen LogP contribution in [-0.2, 0) is 11.2 Å². The highest BCUT2D eigenvalue weighted by molar-refractivity contribution is 8.27. The number of rotatable bonds is 4. The minimum atomic E-state index is -0.0753. The first-order chi connectivity index (χ1) is 11.6. The van der Waals surface area contributed by atoms with Gasteiger partial charge in [-0.3, -0.25) is 9.69 Å². The third-order valence-electron chi connectivity index (χ3n) is 3.80. The zero-order chi connectivity index (χ0) is 17.1. The van der Waals surface area contributed by atoms with E-state index < -0.39 is 0 Å². The quantitative estimate of drug-likeness (QED) is 0.589. The topological polar surface area (TPSA) is 29.5 Å². The fourth-order valence-electron chi connectivity index (χ4n) is 2.59. The number of carbonyl (C=O) groups excluding carboxylic acids is 1. The number of para-hydroxylation sites is 1. The van der Waals surface area contributed by atoms with Crippen LogP contribution in [0.2, 0.25) is 0 Å². The predicted octanol–water partition coefficient (Wildman–Crippen LogP) is 4.66. The highest BCUT2D eigenvalue weighted by atomic mass is 32.2. The summed E-state index contributed by atoms with van der Waals surface area (Å²) in [5.41, 5.74) is 2.89. The van der Waals surface area contributed by atoms with Gasteiger partial charge < -0.3 is 4.74 Å². The van der Waals surface area contributed by atoms with Crippen LogP contribution in [0, 0.1) is 0 Å². The van der Waals surface area contributed by atoms with Gasteiger partial charge in [-0.2, -0.15) is 0 Å². The number of carbonyl (C=O) groups is 1. The third kappa shape index (κ3) is 3.23. The van der Waals surface area contributed by atoms with Gasteiger partial charge in [-0.15, -0.1) is 0 Å². The summed E-state index contributed by atoms with van der Waals surface area (Å²) in [5.74, 6) is 0.685. The molecule has 1 fully saturated rings. The zero-order valence-electron chi connectivity index (χ0n) is 13.5. The van der Waals surface area contributed by atoms with E-state index >= 15 is 0 Å². The molecule has 0 atom stereocenters. The molecule has 2 aromatic carbocycles. The van der Waals surface area contributed by atoms with Crippen molar-refractivity contribution in [2.75, 3.05) is 12.0 Å². The number of hydrogen-bond donors (Lipinski definition) is 0. The molecule has 0 unspecified atom stereocenters. The number of amides is 1. The molecule has 0 aliphatic carbocycles. The van der Waals surface area contributed by atoms with Gasteiger partial charge in [-0.05, 0) is 41.8 Å². The lowest BCUT2D eigenvalue weighted by Crippen LogP contribution is -2.28. The van der Waals surface area contributed by atoms with E-state index in [9.17, 15) is 4.79 Å². The first-order valence-electron chi connectivity index (χ1n) is 7.64. The lowest BCUT2D eigenvalue weighted by Gasteiger charge is -2.18.